The summed E-state index contributed by atoms with van der Waals surface area (Å²) in [5.41, 5.74) is 4.12. The summed E-state index contributed by atoms with van der Waals surface area (Å²) in [6.07, 6.45) is 0. The van der Waals surface area contributed by atoms with E-state index in [-0.39, 0.29) is 5.69 Å². The van der Waals surface area contributed by atoms with E-state index in [2.05, 4.69) is 0 Å². The van der Waals surface area contributed by atoms with Crippen LogP contribution in [0.1, 0.15) is 0 Å². The van der Waals surface area contributed by atoms with Gasteiger partial charge in [0.2, 0.25) is 0 Å². The molecule has 0 radical (unpaired) electrons. The molecule has 12 heavy (non-hydrogen) atoms. The summed E-state index contributed by atoms with van der Waals surface area (Å²) < 4.78 is 25.4. The van der Waals surface area contributed by atoms with E-state index in [1.807, 2.05) is 0 Å². The smallest absolute Gasteiger partial charge is 0.423 e. The van der Waals surface area contributed by atoms with Gasteiger partial charge in [-0.2, -0.15) is 0 Å². The highest BCUT2D eigenvalue weighted by Gasteiger charge is 2.20. The average Bonchev–Trinajstić information content (AvgIpc) is 2.00. The number of hydrogen-bond acceptors (Lipinski definition) is 3. The molecule has 64 valence electrons. The predicted molar refractivity (Wildman–Crippen MR) is 40.6 cm³/mol. The van der Waals surface area contributed by atoms with E-state index < -0.39 is 24.2 Å². The van der Waals surface area contributed by atoms with Crippen molar-refractivity contribution in [3.8, 4) is 0 Å². The Morgan fingerprint density at radius 2 is 1.75 bits per heavy atom. The van der Waals surface area contributed by atoms with Gasteiger partial charge in [0.05, 0.1) is 5.69 Å². The molecule has 0 fully saturated rings. The number of nitrogen functional groups attached to an aromatic ring is 1. The van der Waals surface area contributed by atoms with Crippen molar-refractivity contribution in [2.45, 2.75) is 0 Å². The third-order valence-corrected chi connectivity index (χ3v) is 1.42. The highest BCUT2D eigenvalue weighted by Crippen LogP contribution is 2.11. The van der Waals surface area contributed by atoms with Gasteiger partial charge in [0.15, 0.2) is 11.6 Å². The molecular formula is C6H6BF2NO2. The van der Waals surface area contributed by atoms with Gasteiger partial charge in [0.25, 0.3) is 0 Å². The molecule has 0 saturated heterocycles. The largest absolute Gasteiger partial charge is 0.491 e. The molecule has 1 rings (SSSR count). The summed E-state index contributed by atoms with van der Waals surface area (Å²) in [7, 11) is -2.03. The van der Waals surface area contributed by atoms with Gasteiger partial charge in [-0.3, -0.25) is 0 Å². The van der Waals surface area contributed by atoms with Crippen molar-refractivity contribution in [3.63, 3.8) is 0 Å². The third-order valence-electron chi connectivity index (χ3n) is 1.42. The second kappa shape index (κ2) is 3.08. The van der Waals surface area contributed by atoms with Crippen LogP contribution in [0.2, 0.25) is 0 Å². The molecule has 0 aliphatic heterocycles. The monoisotopic (exact) mass is 173 g/mol. The van der Waals surface area contributed by atoms with E-state index in [0.717, 1.165) is 12.1 Å². The Hall–Kier alpha value is -1.14. The Balaban J connectivity index is 3.27. The fourth-order valence-corrected chi connectivity index (χ4v) is 0.779. The second-order valence-corrected chi connectivity index (χ2v) is 2.25. The Morgan fingerprint density at radius 3 is 2.25 bits per heavy atom. The molecule has 4 N–H and O–H groups in total. The minimum Gasteiger partial charge on any atom is -0.423 e. The van der Waals surface area contributed by atoms with Crippen LogP contribution in [0.5, 0.6) is 0 Å². The number of nitrogens with two attached hydrogens (primary N) is 1. The first-order valence-corrected chi connectivity index (χ1v) is 3.13. The van der Waals surface area contributed by atoms with E-state index >= 15 is 0 Å². The maximum atomic E-state index is 12.7. The van der Waals surface area contributed by atoms with Crippen molar-refractivity contribution in [3.05, 3.63) is 23.8 Å². The Labute approximate surface area is 67.6 Å². The van der Waals surface area contributed by atoms with Gasteiger partial charge < -0.3 is 15.8 Å². The van der Waals surface area contributed by atoms with Gasteiger partial charge >= 0.3 is 7.12 Å². The van der Waals surface area contributed by atoms with Gasteiger partial charge in [-0.05, 0) is 6.07 Å². The topological polar surface area (TPSA) is 66.5 Å². The van der Waals surface area contributed by atoms with Crippen LogP contribution in [0, 0.1) is 11.6 Å². The van der Waals surface area contributed by atoms with Crippen molar-refractivity contribution in [2.75, 3.05) is 5.73 Å². The molecule has 0 unspecified atom stereocenters. The molecule has 1 aromatic rings. The minimum atomic E-state index is -2.03. The summed E-state index contributed by atoms with van der Waals surface area (Å²) in [4.78, 5) is 0. The molecule has 3 nitrogen and oxygen atoms in total. The second-order valence-electron chi connectivity index (χ2n) is 2.25. The standard InChI is InChI=1S/C6H6BF2NO2/c8-5-3(7(11)12)1-2-4(10)6(5)9/h1-2,11-12H,10H2. The quantitative estimate of drug-likeness (QED) is 0.385. The fraction of sp³-hybridized carbons (Fsp3) is 0. The Morgan fingerprint density at radius 1 is 1.17 bits per heavy atom. The summed E-state index contributed by atoms with van der Waals surface area (Å²) in [5, 5.41) is 17.1. The first-order valence-electron chi connectivity index (χ1n) is 3.13. The predicted octanol–water partition coefficient (Wildman–Crippen LogP) is -0.773. The number of anilines is 1. The molecule has 0 saturated carbocycles. The van der Waals surface area contributed by atoms with Gasteiger partial charge in [-0.25, -0.2) is 8.78 Å². The number of benzene rings is 1. The summed E-state index contributed by atoms with van der Waals surface area (Å²) in [6, 6.07) is 2.07. The van der Waals surface area contributed by atoms with E-state index in [4.69, 9.17) is 15.8 Å². The van der Waals surface area contributed by atoms with Gasteiger partial charge in [-0.15, -0.1) is 0 Å². The Bertz CT molecular complexity index is 306. The van der Waals surface area contributed by atoms with Crippen LogP contribution >= 0.6 is 0 Å². The average molecular weight is 173 g/mol. The molecule has 0 atom stereocenters. The highest BCUT2D eigenvalue weighted by molar-refractivity contribution is 6.58. The van der Waals surface area contributed by atoms with Crippen molar-refractivity contribution < 1.29 is 18.8 Å². The van der Waals surface area contributed by atoms with Gasteiger partial charge in [0, 0.05) is 5.46 Å². The normalized spacial score (nSPS) is 10.0. The lowest BCUT2D eigenvalue weighted by Gasteiger charge is -2.03. The zero-order valence-electron chi connectivity index (χ0n) is 5.96. The molecule has 6 heteroatoms. The van der Waals surface area contributed by atoms with Crippen LogP contribution in [0.3, 0.4) is 0 Å². The van der Waals surface area contributed by atoms with Crippen LogP contribution in [0.4, 0.5) is 14.5 Å². The molecule has 0 spiro atoms. The van der Waals surface area contributed by atoms with Crippen LogP contribution in [0.25, 0.3) is 0 Å². The maximum Gasteiger partial charge on any atom is 0.491 e. The minimum absolute atomic E-state index is 0.364. The molecule has 0 aliphatic rings. The first kappa shape index (κ1) is 8.96. The fourth-order valence-electron chi connectivity index (χ4n) is 0.779. The van der Waals surface area contributed by atoms with Crippen molar-refractivity contribution >= 4 is 18.3 Å². The first-order chi connectivity index (χ1) is 5.54. The molecule has 0 amide bonds. The van der Waals surface area contributed by atoms with E-state index in [1.165, 1.54) is 0 Å². The molecule has 0 heterocycles. The highest BCUT2D eigenvalue weighted by atomic mass is 19.2. The van der Waals surface area contributed by atoms with E-state index in [0.29, 0.717) is 0 Å². The number of hydrogen-bond donors (Lipinski definition) is 3. The zero-order valence-corrected chi connectivity index (χ0v) is 5.96. The maximum absolute atomic E-state index is 12.7. The molecule has 1 aromatic carbocycles. The molecule has 0 aromatic heterocycles. The zero-order chi connectivity index (χ0) is 9.30. The van der Waals surface area contributed by atoms with E-state index in [1.54, 1.807) is 0 Å². The lowest BCUT2D eigenvalue weighted by molar-refractivity contribution is 0.420. The van der Waals surface area contributed by atoms with Crippen molar-refractivity contribution in [1.82, 2.24) is 0 Å². The number of halogens is 2. The van der Waals surface area contributed by atoms with Crippen LogP contribution < -0.4 is 11.2 Å². The SMILES string of the molecule is Nc1ccc(B(O)O)c(F)c1F. The van der Waals surface area contributed by atoms with Crippen LogP contribution in [-0.4, -0.2) is 17.2 Å². The summed E-state index contributed by atoms with van der Waals surface area (Å²) in [5.74, 6) is -2.59. The lowest BCUT2D eigenvalue weighted by Crippen LogP contribution is -2.33. The molecule has 0 bridgehead atoms. The van der Waals surface area contributed by atoms with Crippen LogP contribution in [0.15, 0.2) is 12.1 Å². The van der Waals surface area contributed by atoms with Crippen molar-refractivity contribution in [1.29, 1.82) is 0 Å². The molecule has 0 aliphatic carbocycles. The van der Waals surface area contributed by atoms with Crippen molar-refractivity contribution in [2.24, 2.45) is 0 Å². The number of rotatable bonds is 1. The van der Waals surface area contributed by atoms with E-state index in [9.17, 15) is 8.78 Å². The summed E-state index contributed by atoms with van der Waals surface area (Å²) in [6.45, 7) is 0. The summed E-state index contributed by atoms with van der Waals surface area (Å²) >= 11 is 0. The van der Waals surface area contributed by atoms with Gasteiger partial charge in [0.1, 0.15) is 0 Å². The molecular weight excluding hydrogens is 167 g/mol. The Kier molecular flexibility index (Phi) is 2.30. The van der Waals surface area contributed by atoms with Gasteiger partial charge in [-0.1, -0.05) is 6.07 Å². The van der Waals surface area contributed by atoms with Crippen LogP contribution in [-0.2, 0) is 0 Å². The lowest BCUT2D eigenvalue weighted by atomic mass is 9.80. The third kappa shape index (κ3) is 1.39.